The average Bonchev–Trinajstić information content (AvgIpc) is 2.75. The maximum absolute atomic E-state index is 13.3. The third-order valence-corrected chi connectivity index (χ3v) is 6.06. The first kappa shape index (κ1) is 19.1. The summed E-state index contributed by atoms with van der Waals surface area (Å²) in [4.78, 5) is 12.8. The Morgan fingerprint density at radius 1 is 0.862 bits per heavy atom. The quantitative estimate of drug-likeness (QED) is 0.693. The van der Waals surface area contributed by atoms with Crippen LogP contribution in [-0.4, -0.2) is 44.6 Å². The second-order valence-corrected chi connectivity index (χ2v) is 8.33. The van der Waals surface area contributed by atoms with Crippen LogP contribution in [0.1, 0.15) is 0 Å². The molecule has 0 radical (unpaired) electrons. The molecule has 1 aliphatic rings. The summed E-state index contributed by atoms with van der Waals surface area (Å²) in [6.07, 6.45) is 2.84. The number of hydrogen-bond acceptors (Lipinski definition) is 6. The fraction of sp³-hybridized carbons (Fsp3) is 0.200. The number of aromatic nitrogens is 2. The first-order valence-corrected chi connectivity index (χ1v) is 10.6. The maximum atomic E-state index is 13.3. The summed E-state index contributed by atoms with van der Waals surface area (Å²) in [5.41, 5.74) is 1.41. The van der Waals surface area contributed by atoms with Gasteiger partial charge in [-0.15, -0.1) is 0 Å². The van der Waals surface area contributed by atoms with E-state index in [1.165, 1.54) is 36.3 Å². The van der Waals surface area contributed by atoms with Gasteiger partial charge < -0.3 is 9.80 Å². The Morgan fingerprint density at radius 3 is 2.17 bits per heavy atom. The van der Waals surface area contributed by atoms with E-state index in [4.69, 9.17) is 0 Å². The van der Waals surface area contributed by atoms with E-state index in [1.807, 2.05) is 18.2 Å². The fourth-order valence-corrected chi connectivity index (χ4v) is 4.25. The van der Waals surface area contributed by atoms with E-state index in [0.717, 1.165) is 32.2 Å². The SMILES string of the molecule is O=S(=O)(Nc1cnc(N2CCN(c3ccccc3)CC2)nc1)c1cccc(F)c1. The second-order valence-electron chi connectivity index (χ2n) is 6.64. The lowest BCUT2D eigenvalue weighted by Crippen LogP contribution is -2.47. The van der Waals surface area contributed by atoms with E-state index in [0.29, 0.717) is 5.95 Å². The lowest BCUT2D eigenvalue weighted by atomic mass is 10.2. The van der Waals surface area contributed by atoms with Crippen molar-refractivity contribution >= 4 is 27.3 Å². The molecule has 150 valence electrons. The molecule has 0 aliphatic carbocycles. The number of benzene rings is 2. The molecular weight excluding hydrogens is 393 g/mol. The predicted molar refractivity (Wildman–Crippen MR) is 110 cm³/mol. The van der Waals surface area contributed by atoms with Crippen molar-refractivity contribution in [2.24, 2.45) is 0 Å². The van der Waals surface area contributed by atoms with Gasteiger partial charge in [0.25, 0.3) is 10.0 Å². The molecule has 0 bridgehead atoms. The Morgan fingerprint density at radius 2 is 1.52 bits per heavy atom. The lowest BCUT2D eigenvalue weighted by molar-refractivity contribution is 0.595. The van der Waals surface area contributed by atoms with E-state index in [9.17, 15) is 12.8 Å². The first-order valence-electron chi connectivity index (χ1n) is 9.17. The predicted octanol–water partition coefficient (Wildman–Crippen LogP) is 2.74. The zero-order valence-electron chi connectivity index (χ0n) is 15.6. The molecule has 1 N–H and O–H groups in total. The molecule has 1 aromatic heterocycles. The smallest absolute Gasteiger partial charge is 0.262 e. The van der Waals surface area contributed by atoms with E-state index in [-0.39, 0.29) is 10.6 Å². The van der Waals surface area contributed by atoms with E-state index in [2.05, 4.69) is 36.6 Å². The zero-order chi connectivity index (χ0) is 20.3. The summed E-state index contributed by atoms with van der Waals surface area (Å²) in [6.45, 7) is 3.23. The number of halogens is 1. The molecule has 0 saturated carbocycles. The van der Waals surface area contributed by atoms with Crippen LogP contribution < -0.4 is 14.5 Å². The minimum Gasteiger partial charge on any atom is -0.368 e. The molecule has 2 heterocycles. The lowest BCUT2D eigenvalue weighted by Gasteiger charge is -2.36. The van der Waals surface area contributed by atoms with Crippen LogP contribution in [0, 0.1) is 5.82 Å². The standard InChI is InChI=1S/C20H20FN5O2S/c21-16-5-4-8-19(13-16)29(27,28)24-17-14-22-20(23-15-17)26-11-9-25(10-12-26)18-6-2-1-3-7-18/h1-8,13-15,24H,9-12H2. The summed E-state index contributed by atoms with van der Waals surface area (Å²) in [7, 11) is -3.90. The summed E-state index contributed by atoms with van der Waals surface area (Å²) < 4.78 is 40.4. The molecule has 0 atom stereocenters. The van der Waals surface area contributed by atoms with Crippen molar-refractivity contribution in [1.29, 1.82) is 0 Å². The molecule has 1 saturated heterocycles. The van der Waals surface area contributed by atoms with Crippen LogP contribution in [0.2, 0.25) is 0 Å². The van der Waals surface area contributed by atoms with Crippen LogP contribution in [0.15, 0.2) is 71.9 Å². The number of anilines is 3. The number of rotatable bonds is 5. The summed E-state index contributed by atoms with van der Waals surface area (Å²) in [5, 5.41) is 0. The molecule has 2 aromatic carbocycles. The van der Waals surface area contributed by atoms with Gasteiger partial charge in [-0.25, -0.2) is 22.8 Å². The highest BCUT2D eigenvalue weighted by atomic mass is 32.2. The van der Waals surface area contributed by atoms with Crippen LogP contribution in [-0.2, 0) is 10.0 Å². The first-order chi connectivity index (χ1) is 14.0. The Bertz CT molecular complexity index is 1070. The van der Waals surface area contributed by atoms with Gasteiger partial charge >= 0.3 is 0 Å². The third kappa shape index (κ3) is 4.45. The van der Waals surface area contributed by atoms with Gasteiger partial charge in [-0.1, -0.05) is 24.3 Å². The van der Waals surface area contributed by atoms with Gasteiger partial charge in [0, 0.05) is 31.9 Å². The largest absolute Gasteiger partial charge is 0.368 e. The van der Waals surface area contributed by atoms with Crippen LogP contribution in [0.4, 0.5) is 21.7 Å². The summed E-state index contributed by atoms with van der Waals surface area (Å²) in [6, 6.07) is 15.0. The normalized spacial score (nSPS) is 14.7. The van der Waals surface area contributed by atoms with E-state index < -0.39 is 15.8 Å². The van der Waals surface area contributed by atoms with Gasteiger partial charge in [0.1, 0.15) is 5.82 Å². The van der Waals surface area contributed by atoms with Crippen LogP contribution in [0.25, 0.3) is 0 Å². The van der Waals surface area contributed by atoms with Gasteiger partial charge in [0.05, 0.1) is 23.0 Å². The minimum atomic E-state index is -3.90. The molecule has 4 rings (SSSR count). The minimum absolute atomic E-state index is 0.154. The molecular formula is C20H20FN5O2S. The summed E-state index contributed by atoms with van der Waals surface area (Å²) in [5.74, 6) is -0.0690. The van der Waals surface area contributed by atoms with Gasteiger partial charge in [0.2, 0.25) is 5.95 Å². The third-order valence-electron chi connectivity index (χ3n) is 4.68. The fourth-order valence-electron chi connectivity index (χ4n) is 3.19. The number of nitrogens with zero attached hydrogens (tertiary/aromatic N) is 4. The highest BCUT2D eigenvalue weighted by Gasteiger charge is 2.20. The molecule has 1 aliphatic heterocycles. The maximum Gasteiger partial charge on any atom is 0.262 e. The highest BCUT2D eigenvalue weighted by molar-refractivity contribution is 7.92. The Balaban J connectivity index is 1.40. The topological polar surface area (TPSA) is 78.4 Å². The van der Waals surface area contributed by atoms with Gasteiger partial charge in [-0.2, -0.15) is 0 Å². The average molecular weight is 413 g/mol. The van der Waals surface area contributed by atoms with Gasteiger partial charge in [-0.05, 0) is 30.3 Å². The molecule has 0 amide bonds. The van der Waals surface area contributed by atoms with Crippen molar-refractivity contribution in [3.8, 4) is 0 Å². The molecule has 0 unspecified atom stereocenters. The molecule has 0 spiro atoms. The molecule has 3 aromatic rings. The van der Waals surface area contributed by atoms with Crippen molar-refractivity contribution in [1.82, 2.24) is 9.97 Å². The van der Waals surface area contributed by atoms with Crippen LogP contribution in [0.5, 0.6) is 0 Å². The van der Waals surface area contributed by atoms with Crippen molar-refractivity contribution in [2.45, 2.75) is 4.90 Å². The van der Waals surface area contributed by atoms with Gasteiger partial charge in [0.15, 0.2) is 0 Å². The Labute approximate surface area is 168 Å². The van der Waals surface area contributed by atoms with Crippen molar-refractivity contribution in [2.75, 3.05) is 40.7 Å². The highest BCUT2D eigenvalue weighted by Crippen LogP contribution is 2.20. The monoisotopic (exact) mass is 413 g/mol. The summed E-state index contributed by atoms with van der Waals surface area (Å²) >= 11 is 0. The number of hydrogen-bond donors (Lipinski definition) is 1. The Kier molecular flexibility index (Phi) is 5.30. The number of nitrogens with one attached hydrogen (secondary N) is 1. The number of para-hydroxylation sites is 1. The van der Waals surface area contributed by atoms with Crippen molar-refractivity contribution < 1.29 is 12.8 Å². The van der Waals surface area contributed by atoms with Crippen molar-refractivity contribution in [3.63, 3.8) is 0 Å². The molecule has 1 fully saturated rings. The van der Waals surface area contributed by atoms with Crippen molar-refractivity contribution in [3.05, 3.63) is 72.8 Å². The second kappa shape index (κ2) is 8.04. The van der Waals surface area contributed by atoms with Crippen LogP contribution in [0.3, 0.4) is 0 Å². The Hall–Kier alpha value is -3.20. The molecule has 9 heteroatoms. The van der Waals surface area contributed by atoms with Crippen LogP contribution >= 0.6 is 0 Å². The van der Waals surface area contributed by atoms with Gasteiger partial charge in [-0.3, -0.25) is 4.72 Å². The zero-order valence-corrected chi connectivity index (χ0v) is 16.4. The van der Waals surface area contributed by atoms with E-state index >= 15 is 0 Å². The molecule has 29 heavy (non-hydrogen) atoms. The molecule has 7 nitrogen and oxygen atoms in total. The number of sulfonamides is 1. The number of piperazine rings is 1. The van der Waals surface area contributed by atoms with E-state index in [1.54, 1.807) is 0 Å².